The average molecular weight is 494 g/mol. The highest BCUT2D eigenvalue weighted by Gasteiger charge is 2.41. The summed E-state index contributed by atoms with van der Waals surface area (Å²) in [5.41, 5.74) is 2.52. The molecule has 35 heavy (non-hydrogen) atoms. The van der Waals surface area contributed by atoms with Crippen LogP contribution in [-0.2, 0) is 24.4 Å². The average Bonchev–Trinajstić information content (AvgIpc) is 3.20. The zero-order valence-corrected chi connectivity index (χ0v) is 21.2. The number of hydrogen-bond acceptors (Lipinski definition) is 4. The third kappa shape index (κ3) is 3.53. The number of halogens is 1. The summed E-state index contributed by atoms with van der Waals surface area (Å²) in [5, 5.41) is 1.08. The zero-order valence-electron chi connectivity index (χ0n) is 20.5. The summed E-state index contributed by atoms with van der Waals surface area (Å²) in [6.07, 6.45) is -0.535. The number of hydrogen-bond donors (Lipinski definition) is 0. The van der Waals surface area contributed by atoms with Crippen molar-refractivity contribution in [1.82, 2.24) is 13.7 Å². The summed E-state index contributed by atoms with van der Waals surface area (Å²) in [7, 11) is 3.21. The number of aromatic nitrogens is 3. The molecule has 1 aliphatic rings. The third-order valence-corrected chi connectivity index (χ3v) is 6.94. The Kier molecular flexibility index (Phi) is 5.65. The van der Waals surface area contributed by atoms with Gasteiger partial charge in [-0.3, -0.25) is 13.9 Å². The quantitative estimate of drug-likeness (QED) is 0.416. The van der Waals surface area contributed by atoms with Gasteiger partial charge in [-0.25, -0.2) is 4.79 Å². The minimum atomic E-state index is -0.535. The Balaban J connectivity index is 1.98. The number of fused-ring (bicyclic) bond motifs is 3. The number of aryl methyl sites for hydroxylation is 1. The molecular weight excluding hydrogens is 466 g/mol. The van der Waals surface area contributed by atoms with Crippen molar-refractivity contribution in [2.75, 3.05) is 13.2 Å². The van der Waals surface area contributed by atoms with E-state index in [1.807, 2.05) is 55.5 Å². The Labute approximate surface area is 208 Å². The summed E-state index contributed by atoms with van der Waals surface area (Å²) in [5.74, 6) is 0.711. The van der Waals surface area contributed by atoms with E-state index in [4.69, 9.17) is 21.1 Å². The van der Waals surface area contributed by atoms with Gasteiger partial charge in [-0.05, 0) is 44.5 Å². The van der Waals surface area contributed by atoms with Crippen molar-refractivity contribution < 1.29 is 9.47 Å². The lowest BCUT2D eigenvalue weighted by Gasteiger charge is -2.39. The first-order chi connectivity index (χ1) is 16.7. The van der Waals surface area contributed by atoms with Crippen LogP contribution in [0.4, 0.5) is 0 Å². The molecule has 3 heterocycles. The van der Waals surface area contributed by atoms with Gasteiger partial charge in [0.15, 0.2) is 0 Å². The molecule has 0 amide bonds. The summed E-state index contributed by atoms with van der Waals surface area (Å²) < 4.78 is 17.3. The van der Waals surface area contributed by atoms with Gasteiger partial charge in [-0.15, -0.1) is 0 Å². The maximum Gasteiger partial charge on any atom is 0.331 e. The van der Waals surface area contributed by atoms with Crippen LogP contribution < -0.4 is 16.0 Å². The highest BCUT2D eigenvalue weighted by Crippen LogP contribution is 2.47. The van der Waals surface area contributed by atoms with Crippen molar-refractivity contribution in [3.05, 3.63) is 85.6 Å². The molecule has 0 N–H and O–H groups in total. The van der Waals surface area contributed by atoms with Crippen molar-refractivity contribution in [3.8, 4) is 17.0 Å². The molecule has 2 aromatic carbocycles. The molecular formula is C27H28ClN3O4. The number of para-hydroxylation sites is 1. The molecule has 8 heteroatoms. The second-order valence-corrected chi connectivity index (χ2v) is 9.92. The maximum atomic E-state index is 13.6. The molecule has 0 radical (unpaired) electrons. The Hall–Kier alpha value is -3.29. The number of rotatable bonds is 4. The fraction of sp³-hybridized carbons (Fsp3) is 0.333. The van der Waals surface area contributed by atoms with E-state index in [1.165, 1.54) is 7.05 Å². The van der Waals surface area contributed by atoms with Crippen molar-refractivity contribution in [3.63, 3.8) is 0 Å². The monoisotopic (exact) mass is 493 g/mol. The smallest absolute Gasteiger partial charge is 0.331 e. The summed E-state index contributed by atoms with van der Waals surface area (Å²) in [6, 6.07) is 15.2. The van der Waals surface area contributed by atoms with Gasteiger partial charge in [0.05, 0.1) is 41.0 Å². The van der Waals surface area contributed by atoms with Gasteiger partial charge in [0.25, 0.3) is 5.56 Å². The van der Waals surface area contributed by atoms with E-state index in [1.54, 1.807) is 11.6 Å². The molecule has 0 fully saturated rings. The predicted octanol–water partition coefficient (Wildman–Crippen LogP) is 4.61. The van der Waals surface area contributed by atoms with Gasteiger partial charge >= 0.3 is 5.69 Å². The molecule has 0 saturated carbocycles. The normalized spacial score (nSPS) is 16.9. The van der Waals surface area contributed by atoms with Gasteiger partial charge in [0.2, 0.25) is 0 Å². The van der Waals surface area contributed by atoms with Crippen LogP contribution in [0.15, 0.2) is 58.1 Å². The van der Waals surface area contributed by atoms with E-state index in [-0.39, 0.29) is 5.56 Å². The van der Waals surface area contributed by atoms with Crippen molar-refractivity contribution in [2.45, 2.75) is 32.4 Å². The fourth-order valence-electron chi connectivity index (χ4n) is 5.10. The zero-order chi connectivity index (χ0) is 25.1. The molecule has 182 valence electrons. The van der Waals surface area contributed by atoms with E-state index in [9.17, 15) is 9.59 Å². The minimum absolute atomic E-state index is 0.345. The molecule has 5 rings (SSSR count). The lowest BCUT2D eigenvalue weighted by Crippen LogP contribution is -2.40. The minimum Gasteiger partial charge on any atom is -0.493 e. The molecule has 2 aromatic heterocycles. The molecule has 4 aromatic rings. The highest BCUT2D eigenvalue weighted by molar-refractivity contribution is 6.30. The summed E-state index contributed by atoms with van der Waals surface area (Å²) in [4.78, 5) is 26.7. The van der Waals surface area contributed by atoms with E-state index in [2.05, 4.69) is 18.4 Å². The SMILES string of the molecule is CCOc1ccccc1C1OCC(C)(C)n2c(-c3ccc(Cl)cc3)c3c(=O)n(C)c(=O)n(C)c3c21. The van der Waals surface area contributed by atoms with Crippen LogP contribution in [0, 0.1) is 0 Å². The molecule has 0 spiro atoms. The Morgan fingerprint density at radius 3 is 2.43 bits per heavy atom. The van der Waals surface area contributed by atoms with Gasteiger partial charge in [0.1, 0.15) is 11.9 Å². The second-order valence-electron chi connectivity index (χ2n) is 9.48. The van der Waals surface area contributed by atoms with E-state index >= 15 is 0 Å². The molecule has 1 unspecified atom stereocenters. The molecule has 7 nitrogen and oxygen atoms in total. The van der Waals surface area contributed by atoms with Crippen molar-refractivity contribution in [1.29, 1.82) is 0 Å². The largest absolute Gasteiger partial charge is 0.493 e. The summed E-state index contributed by atoms with van der Waals surface area (Å²) >= 11 is 6.19. The van der Waals surface area contributed by atoms with E-state index in [0.29, 0.717) is 34.9 Å². The van der Waals surface area contributed by atoms with E-state index in [0.717, 1.165) is 27.1 Å². The number of nitrogens with zero attached hydrogens (tertiary/aromatic N) is 3. The van der Waals surface area contributed by atoms with Gasteiger partial charge in [0, 0.05) is 24.7 Å². The summed E-state index contributed by atoms with van der Waals surface area (Å²) in [6.45, 7) is 6.99. The number of ether oxygens (including phenoxy) is 2. The molecule has 1 aliphatic heterocycles. The van der Waals surface area contributed by atoms with Crippen LogP contribution >= 0.6 is 11.6 Å². The first kappa shape index (κ1) is 23.5. The first-order valence-electron chi connectivity index (χ1n) is 11.6. The van der Waals surface area contributed by atoms with Crippen LogP contribution in [0.1, 0.15) is 38.1 Å². The fourth-order valence-corrected chi connectivity index (χ4v) is 5.22. The van der Waals surface area contributed by atoms with Crippen LogP contribution in [0.5, 0.6) is 5.75 Å². The number of benzene rings is 2. The van der Waals surface area contributed by atoms with Gasteiger partial charge < -0.3 is 14.0 Å². The topological polar surface area (TPSA) is 67.4 Å². The van der Waals surface area contributed by atoms with Crippen LogP contribution in [0.25, 0.3) is 22.2 Å². The molecule has 1 atom stereocenters. The van der Waals surface area contributed by atoms with Crippen LogP contribution in [0.3, 0.4) is 0 Å². The Morgan fingerprint density at radius 1 is 1.06 bits per heavy atom. The molecule has 0 bridgehead atoms. The van der Waals surface area contributed by atoms with E-state index < -0.39 is 17.3 Å². The van der Waals surface area contributed by atoms with Gasteiger partial charge in [-0.2, -0.15) is 0 Å². The highest BCUT2D eigenvalue weighted by atomic mass is 35.5. The lowest BCUT2D eigenvalue weighted by atomic mass is 9.97. The van der Waals surface area contributed by atoms with Crippen LogP contribution in [0.2, 0.25) is 5.02 Å². The van der Waals surface area contributed by atoms with Crippen molar-refractivity contribution in [2.24, 2.45) is 14.1 Å². The van der Waals surface area contributed by atoms with Crippen molar-refractivity contribution >= 4 is 22.5 Å². The van der Waals surface area contributed by atoms with Crippen LogP contribution in [-0.4, -0.2) is 26.9 Å². The predicted molar refractivity (Wildman–Crippen MR) is 138 cm³/mol. The Morgan fingerprint density at radius 2 is 1.74 bits per heavy atom. The lowest BCUT2D eigenvalue weighted by molar-refractivity contribution is -0.00816. The standard InChI is InChI=1S/C27H28ClN3O4/c1-6-34-19-10-8-7-9-18(19)24-23-22-20(25(32)30(5)26(33)29(22)4)21(16-11-13-17(28)14-12-16)31(23)27(2,3)15-35-24/h7-14,24H,6,15H2,1-5H3. The van der Waals surface area contributed by atoms with Gasteiger partial charge in [-0.1, -0.05) is 41.9 Å². The maximum absolute atomic E-state index is 13.6. The molecule has 0 saturated heterocycles. The Bertz CT molecular complexity index is 1560. The molecule has 0 aliphatic carbocycles. The second kappa shape index (κ2) is 8.43. The third-order valence-electron chi connectivity index (χ3n) is 6.68. The first-order valence-corrected chi connectivity index (χ1v) is 12.0.